The van der Waals surface area contributed by atoms with E-state index in [-0.39, 0.29) is 0 Å². The van der Waals surface area contributed by atoms with Crippen molar-refractivity contribution in [1.29, 1.82) is 0 Å². The molecule has 2 aromatic rings. The molecule has 2 N–H and O–H groups in total. The van der Waals surface area contributed by atoms with Gasteiger partial charge in [0.05, 0.1) is 11.0 Å². The van der Waals surface area contributed by atoms with E-state index in [0.717, 1.165) is 36.8 Å². The zero-order valence-corrected chi connectivity index (χ0v) is 13.9. The summed E-state index contributed by atoms with van der Waals surface area (Å²) in [4.78, 5) is 8.23. The number of benzene rings is 1. The van der Waals surface area contributed by atoms with Crippen molar-refractivity contribution in [3.63, 3.8) is 0 Å². The molecule has 0 amide bonds. The second-order valence-electron chi connectivity index (χ2n) is 6.06. The first kappa shape index (κ1) is 14.9. The Hall–Kier alpha value is -1.00. The summed E-state index contributed by atoms with van der Waals surface area (Å²) in [6.07, 6.45) is 4.89. The van der Waals surface area contributed by atoms with Crippen molar-refractivity contribution in [2.75, 3.05) is 18.1 Å². The lowest BCUT2D eigenvalue weighted by molar-refractivity contribution is 0.499. The van der Waals surface area contributed by atoms with E-state index < -0.39 is 0 Å². The molecule has 114 valence electrons. The summed E-state index contributed by atoms with van der Waals surface area (Å²) < 4.78 is 0. The molecule has 1 aromatic heterocycles. The van der Waals surface area contributed by atoms with Crippen LogP contribution in [0.4, 0.5) is 0 Å². The molecule has 3 rings (SSSR count). The summed E-state index contributed by atoms with van der Waals surface area (Å²) in [5.41, 5.74) is 4.93. The van der Waals surface area contributed by atoms with Crippen LogP contribution in [0.2, 0.25) is 0 Å². The van der Waals surface area contributed by atoms with Crippen molar-refractivity contribution in [2.45, 2.75) is 45.6 Å². The maximum absolute atomic E-state index is 4.77. The average molecular weight is 303 g/mol. The number of aryl methyl sites for hydroxylation is 3. The van der Waals surface area contributed by atoms with Crippen molar-refractivity contribution in [2.24, 2.45) is 0 Å². The molecule has 1 aromatic carbocycles. The van der Waals surface area contributed by atoms with Gasteiger partial charge in [0.15, 0.2) is 0 Å². The molecular formula is C17H25N3S. The van der Waals surface area contributed by atoms with Crippen LogP contribution in [0.1, 0.15) is 36.2 Å². The highest BCUT2D eigenvalue weighted by molar-refractivity contribution is 7.99. The van der Waals surface area contributed by atoms with Crippen molar-refractivity contribution in [3.8, 4) is 0 Å². The molecule has 1 fully saturated rings. The van der Waals surface area contributed by atoms with Crippen LogP contribution in [0, 0.1) is 13.8 Å². The summed E-state index contributed by atoms with van der Waals surface area (Å²) >= 11 is 2.08. The molecule has 0 unspecified atom stereocenters. The molecule has 0 radical (unpaired) electrons. The standard InChI is InChI=1S/C17H25N3S/c1-12-7-8-15-17(13(12)2)20-16(19-15)6-3-9-18-14-5-4-10-21-11-14/h7-8,14,18H,3-6,9-11H2,1-2H3,(H,19,20)/t14-/m1/s1. The van der Waals surface area contributed by atoms with Gasteiger partial charge < -0.3 is 10.3 Å². The number of fused-ring (bicyclic) bond motifs is 1. The molecule has 21 heavy (non-hydrogen) atoms. The molecule has 0 bridgehead atoms. The van der Waals surface area contributed by atoms with E-state index in [9.17, 15) is 0 Å². The normalized spacial score (nSPS) is 19.2. The molecule has 4 heteroatoms. The molecule has 2 heterocycles. The van der Waals surface area contributed by atoms with Gasteiger partial charge in [-0.1, -0.05) is 6.07 Å². The fourth-order valence-electron chi connectivity index (χ4n) is 2.95. The maximum atomic E-state index is 4.77. The predicted molar refractivity (Wildman–Crippen MR) is 92.2 cm³/mol. The van der Waals surface area contributed by atoms with Crippen LogP contribution in [-0.2, 0) is 6.42 Å². The topological polar surface area (TPSA) is 40.7 Å². The first-order chi connectivity index (χ1) is 10.2. The fraction of sp³-hybridized carbons (Fsp3) is 0.588. The first-order valence-corrected chi connectivity index (χ1v) is 9.15. The van der Waals surface area contributed by atoms with Gasteiger partial charge in [-0.25, -0.2) is 4.98 Å². The second kappa shape index (κ2) is 6.84. The number of rotatable bonds is 5. The van der Waals surface area contributed by atoms with Crippen LogP contribution in [0.15, 0.2) is 12.1 Å². The third-order valence-electron chi connectivity index (χ3n) is 4.41. The van der Waals surface area contributed by atoms with E-state index in [0.29, 0.717) is 0 Å². The zero-order valence-electron chi connectivity index (χ0n) is 13.0. The van der Waals surface area contributed by atoms with Crippen molar-refractivity contribution in [3.05, 3.63) is 29.1 Å². The van der Waals surface area contributed by atoms with E-state index in [1.165, 1.54) is 41.0 Å². The maximum Gasteiger partial charge on any atom is 0.107 e. The summed E-state index contributed by atoms with van der Waals surface area (Å²) in [5.74, 6) is 3.75. The highest BCUT2D eigenvalue weighted by atomic mass is 32.2. The molecule has 3 nitrogen and oxygen atoms in total. The van der Waals surface area contributed by atoms with Gasteiger partial charge in [0.2, 0.25) is 0 Å². The van der Waals surface area contributed by atoms with E-state index in [4.69, 9.17) is 4.98 Å². The Morgan fingerprint density at radius 1 is 1.38 bits per heavy atom. The lowest BCUT2D eigenvalue weighted by Gasteiger charge is -2.22. The van der Waals surface area contributed by atoms with Crippen LogP contribution in [0.25, 0.3) is 11.0 Å². The Kier molecular flexibility index (Phi) is 4.86. The van der Waals surface area contributed by atoms with Crippen LogP contribution in [0.3, 0.4) is 0 Å². The van der Waals surface area contributed by atoms with Crippen LogP contribution < -0.4 is 5.32 Å². The van der Waals surface area contributed by atoms with E-state index in [1.807, 2.05) is 0 Å². The molecule has 1 atom stereocenters. The molecule has 1 aliphatic heterocycles. The minimum Gasteiger partial charge on any atom is -0.342 e. The van der Waals surface area contributed by atoms with Gasteiger partial charge in [0, 0.05) is 18.2 Å². The third kappa shape index (κ3) is 3.61. The van der Waals surface area contributed by atoms with Crippen molar-refractivity contribution >= 4 is 22.8 Å². The first-order valence-electron chi connectivity index (χ1n) is 8.00. The molecule has 1 saturated heterocycles. The van der Waals surface area contributed by atoms with Gasteiger partial charge in [-0.2, -0.15) is 11.8 Å². The van der Waals surface area contributed by atoms with Crippen LogP contribution in [-0.4, -0.2) is 34.1 Å². The number of imidazole rings is 1. The zero-order chi connectivity index (χ0) is 14.7. The Morgan fingerprint density at radius 2 is 2.29 bits per heavy atom. The lowest BCUT2D eigenvalue weighted by Crippen LogP contribution is -2.34. The van der Waals surface area contributed by atoms with E-state index in [1.54, 1.807) is 0 Å². The van der Waals surface area contributed by atoms with Gasteiger partial charge in [-0.15, -0.1) is 0 Å². The predicted octanol–water partition coefficient (Wildman–Crippen LogP) is 3.60. The van der Waals surface area contributed by atoms with Crippen molar-refractivity contribution < 1.29 is 0 Å². The Balaban J connectivity index is 1.52. The van der Waals surface area contributed by atoms with Gasteiger partial charge in [0.25, 0.3) is 0 Å². The average Bonchev–Trinajstić information content (AvgIpc) is 2.93. The molecule has 0 spiro atoms. The number of hydrogen-bond acceptors (Lipinski definition) is 3. The second-order valence-corrected chi connectivity index (χ2v) is 7.21. The molecule has 1 aliphatic rings. The summed E-state index contributed by atoms with van der Waals surface area (Å²) in [6.45, 7) is 5.40. The van der Waals surface area contributed by atoms with Gasteiger partial charge in [-0.3, -0.25) is 0 Å². The number of hydrogen-bond donors (Lipinski definition) is 2. The van der Waals surface area contributed by atoms with Crippen molar-refractivity contribution in [1.82, 2.24) is 15.3 Å². The number of nitrogens with one attached hydrogen (secondary N) is 2. The van der Waals surface area contributed by atoms with Gasteiger partial charge in [0.1, 0.15) is 5.82 Å². The Morgan fingerprint density at radius 3 is 3.10 bits per heavy atom. The lowest BCUT2D eigenvalue weighted by atomic mass is 10.1. The highest BCUT2D eigenvalue weighted by Crippen LogP contribution is 2.20. The number of nitrogens with zero attached hydrogens (tertiary/aromatic N) is 1. The van der Waals surface area contributed by atoms with Crippen LogP contribution >= 0.6 is 11.8 Å². The number of thioether (sulfide) groups is 1. The van der Waals surface area contributed by atoms with Crippen LogP contribution in [0.5, 0.6) is 0 Å². The SMILES string of the molecule is Cc1ccc2[nH]c(CCCN[C@@H]3CCCSC3)nc2c1C. The Bertz CT molecular complexity index is 599. The monoisotopic (exact) mass is 303 g/mol. The number of aromatic nitrogens is 2. The third-order valence-corrected chi connectivity index (χ3v) is 5.63. The summed E-state index contributed by atoms with van der Waals surface area (Å²) in [5, 5.41) is 3.68. The molecular weight excluding hydrogens is 278 g/mol. The minimum atomic E-state index is 0.726. The largest absolute Gasteiger partial charge is 0.342 e. The summed E-state index contributed by atoms with van der Waals surface area (Å²) in [6, 6.07) is 5.04. The smallest absolute Gasteiger partial charge is 0.107 e. The van der Waals surface area contributed by atoms with E-state index in [2.05, 4.69) is 48.0 Å². The quantitative estimate of drug-likeness (QED) is 0.829. The number of H-pyrrole nitrogens is 1. The van der Waals surface area contributed by atoms with E-state index >= 15 is 0 Å². The summed E-state index contributed by atoms with van der Waals surface area (Å²) in [7, 11) is 0. The molecule has 0 saturated carbocycles. The number of aromatic amines is 1. The minimum absolute atomic E-state index is 0.726. The fourth-order valence-corrected chi connectivity index (χ4v) is 4.05. The van der Waals surface area contributed by atoms with Gasteiger partial charge >= 0.3 is 0 Å². The highest BCUT2D eigenvalue weighted by Gasteiger charge is 2.12. The van der Waals surface area contributed by atoms with Gasteiger partial charge in [-0.05, 0) is 62.6 Å². The molecule has 0 aliphatic carbocycles. The Labute approximate surface area is 131 Å².